The normalized spacial score (nSPS) is 14.3. The predicted octanol–water partition coefficient (Wildman–Crippen LogP) is 4.63. The fourth-order valence-corrected chi connectivity index (χ4v) is 5.20. The number of para-hydroxylation sites is 1. The Labute approximate surface area is 217 Å². The van der Waals surface area contributed by atoms with Gasteiger partial charge in [-0.25, -0.2) is 9.00 Å². The van der Waals surface area contributed by atoms with Crippen molar-refractivity contribution in [2.45, 2.75) is 11.8 Å². The zero-order chi connectivity index (χ0) is 25.8. The molecule has 1 saturated heterocycles. The number of amides is 2. The molecule has 1 atom stereocenters. The van der Waals surface area contributed by atoms with Gasteiger partial charge in [0.25, 0.3) is 5.91 Å². The Balaban J connectivity index is 1.17. The number of hydrogen-bond donors (Lipinski definition) is 1. The summed E-state index contributed by atoms with van der Waals surface area (Å²) in [5.74, 6) is 0.396. The number of rotatable bonds is 5. The number of nitrogens with zero attached hydrogens (tertiary/aromatic N) is 3. The van der Waals surface area contributed by atoms with Gasteiger partial charge in [0, 0.05) is 49.0 Å². The van der Waals surface area contributed by atoms with Gasteiger partial charge in [0.05, 0.1) is 10.4 Å². The zero-order valence-corrected chi connectivity index (χ0v) is 21.1. The van der Waals surface area contributed by atoms with Crippen LogP contribution < -0.4 is 9.46 Å². The van der Waals surface area contributed by atoms with Gasteiger partial charge in [0.15, 0.2) is 11.0 Å². The number of carbonyl (C=O) groups is 2. The molecule has 1 aromatic heterocycles. The Hall–Kier alpha value is -4.24. The van der Waals surface area contributed by atoms with Crippen molar-refractivity contribution in [1.82, 2.24) is 14.8 Å². The molecule has 1 aliphatic rings. The molecule has 8 nitrogen and oxygen atoms in total. The Morgan fingerprint density at radius 2 is 1.59 bits per heavy atom. The summed E-state index contributed by atoms with van der Waals surface area (Å²) in [5, 5.41) is 0.916. The van der Waals surface area contributed by atoms with E-state index in [4.69, 9.17) is 4.74 Å². The molecule has 3 aromatic carbocycles. The maximum atomic E-state index is 13.0. The number of nitrogens with one attached hydrogen (secondary N) is 1. The van der Waals surface area contributed by atoms with Gasteiger partial charge in [0.1, 0.15) is 5.75 Å². The average Bonchev–Trinajstić information content (AvgIpc) is 2.93. The molecule has 0 spiro atoms. The SMILES string of the molecule is Cc1cccc(OC(=O)N2CCN(C(=O)c3ccc(NS(=O)c4cccc5cccnc45)cc3)CC2)c1. The number of piperazine rings is 1. The van der Waals surface area contributed by atoms with Gasteiger partial charge in [-0.15, -0.1) is 0 Å². The zero-order valence-electron chi connectivity index (χ0n) is 20.3. The van der Waals surface area contributed by atoms with Crippen LogP contribution in [0.5, 0.6) is 5.75 Å². The van der Waals surface area contributed by atoms with Crippen molar-refractivity contribution in [2.75, 3.05) is 30.9 Å². The number of anilines is 1. The molecule has 37 heavy (non-hydrogen) atoms. The van der Waals surface area contributed by atoms with Crippen molar-refractivity contribution in [2.24, 2.45) is 0 Å². The van der Waals surface area contributed by atoms with Gasteiger partial charge in [0.2, 0.25) is 0 Å². The third-order valence-electron chi connectivity index (χ3n) is 6.16. The number of hydrogen-bond acceptors (Lipinski definition) is 5. The van der Waals surface area contributed by atoms with Crippen molar-refractivity contribution >= 4 is 39.6 Å². The number of pyridine rings is 1. The molecular weight excluding hydrogens is 488 g/mol. The molecule has 1 aliphatic heterocycles. The highest BCUT2D eigenvalue weighted by molar-refractivity contribution is 7.86. The molecule has 1 fully saturated rings. The molecule has 0 aliphatic carbocycles. The highest BCUT2D eigenvalue weighted by Crippen LogP contribution is 2.22. The smallest absolute Gasteiger partial charge is 0.410 e. The molecular formula is C28H26N4O4S. The predicted molar refractivity (Wildman–Crippen MR) is 143 cm³/mol. The first-order chi connectivity index (χ1) is 18.0. The summed E-state index contributed by atoms with van der Waals surface area (Å²) in [5.41, 5.74) is 2.86. The van der Waals surface area contributed by atoms with Crippen molar-refractivity contribution in [3.05, 3.63) is 96.2 Å². The average molecular weight is 515 g/mol. The standard InChI is InChI=1S/C28H26N4O4S/c1-20-5-2-8-24(19-20)36-28(34)32-17-15-31(16-18-32)27(33)22-10-12-23(13-11-22)30-37(35)25-9-3-6-21-7-4-14-29-26(21)25/h2-14,19,30H,15-18H2,1H3. The molecule has 1 unspecified atom stereocenters. The number of benzene rings is 3. The maximum absolute atomic E-state index is 13.0. The van der Waals surface area contributed by atoms with E-state index in [0.717, 1.165) is 10.9 Å². The van der Waals surface area contributed by atoms with Crippen molar-refractivity contribution in [3.63, 3.8) is 0 Å². The molecule has 9 heteroatoms. The van der Waals surface area contributed by atoms with Crippen LogP contribution in [-0.2, 0) is 11.0 Å². The summed E-state index contributed by atoms with van der Waals surface area (Å²) in [6.45, 7) is 3.56. The van der Waals surface area contributed by atoms with E-state index in [0.29, 0.717) is 53.6 Å². The first-order valence-corrected chi connectivity index (χ1v) is 13.1. The van der Waals surface area contributed by atoms with Gasteiger partial charge < -0.3 is 19.3 Å². The third kappa shape index (κ3) is 5.62. The molecule has 0 radical (unpaired) electrons. The van der Waals surface area contributed by atoms with E-state index in [1.165, 1.54) is 0 Å². The second-order valence-corrected chi connectivity index (χ2v) is 9.92. The summed E-state index contributed by atoms with van der Waals surface area (Å²) in [7, 11) is -1.51. The highest BCUT2D eigenvalue weighted by atomic mass is 32.2. The van der Waals surface area contributed by atoms with E-state index < -0.39 is 17.1 Å². The van der Waals surface area contributed by atoms with Crippen LogP contribution in [0.1, 0.15) is 15.9 Å². The number of ether oxygens (including phenoxy) is 1. The Morgan fingerprint density at radius 3 is 2.35 bits per heavy atom. The Bertz CT molecular complexity index is 1460. The Kier molecular flexibility index (Phi) is 7.14. The molecule has 5 rings (SSSR count). The summed E-state index contributed by atoms with van der Waals surface area (Å²) in [6.07, 6.45) is 1.26. The first-order valence-electron chi connectivity index (χ1n) is 11.9. The van der Waals surface area contributed by atoms with Crippen LogP contribution in [0, 0.1) is 6.92 Å². The quantitative estimate of drug-likeness (QED) is 0.419. The fraction of sp³-hybridized carbons (Fsp3) is 0.179. The van der Waals surface area contributed by atoms with Crippen molar-refractivity contribution < 1.29 is 18.5 Å². The highest BCUT2D eigenvalue weighted by Gasteiger charge is 2.26. The number of fused-ring (bicyclic) bond motifs is 1. The number of aromatic nitrogens is 1. The monoisotopic (exact) mass is 514 g/mol. The van der Waals surface area contributed by atoms with E-state index in [1.807, 2.05) is 49.4 Å². The molecule has 2 heterocycles. The molecule has 1 N–H and O–H groups in total. The lowest BCUT2D eigenvalue weighted by Crippen LogP contribution is -2.51. The van der Waals surface area contributed by atoms with Crippen LogP contribution in [0.4, 0.5) is 10.5 Å². The minimum Gasteiger partial charge on any atom is -0.410 e. The van der Waals surface area contributed by atoms with Gasteiger partial charge in [-0.1, -0.05) is 30.3 Å². The molecule has 0 bridgehead atoms. The van der Waals surface area contributed by atoms with E-state index in [2.05, 4.69) is 9.71 Å². The first kappa shape index (κ1) is 24.5. The third-order valence-corrected chi connectivity index (χ3v) is 7.31. The summed E-state index contributed by atoms with van der Waals surface area (Å²) < 4.78 is 21.4. The van der Waals surface area contributed by atoms with E-state index in [9.17, 15) is 13.8 Å². The lowest BCUT2D eigenvalue weighted by molar-refractivity contribution is 0.0633. The van der Waals surface area contributed by atoms with Crippen LogP contribution in [-0.4, -0.2) is 57.2 Å². The van der Waals surface area contributed by atoms with E-state index in [1.54, 1.807) is 52.4 Å². The molecule has 2 amide bonds. The van der Waals surface area contributed by atoms with Crippen molar-refractivity contribution in [3.8, 4) is 5.75 Å². The van der Waals surface area contributed by atoms with Crippen molar-refractivity contribution in [1.29, 1.82) is 0 Å². The van der Waals surface area contributed by atoms with E-state index in [-0.39, 0.29) is 5.91 Å². The number of aryl methyl sites for hydroxylation is 1. The molecule has 4 aromatic rings. The summed E-state index contributed by atoms with van der Waals surface area (Å²) >= 11 is 0. The lowest BCUT2D eigenvalue weighted by atomic mass is 10.1. The van der Waals surface area contributed by atoms with Crippen LogP contribution in [0.15, 0.2) is 90.0 Å². The minimum absolute atomic E-state index is 0.113. The topological polar surface area (TPSA) is 91.8 Å². The second-order valence-electron chi connectivity index (χ2n) is 8.74. The van der Waals surface area contributed by atoms with Gasteiger partial charge in [-0.2, -0.15) is 0 Å². The second kappa shape index (κ2) is 10.8. The van der Waals surface area contributed by atoms with Crippen LogP contribution in [0.2, 0.25) is 0 Å². The van der Waals surface area contributed by atoms with E-state index >= 15 is 0 Å². The Morgan fingerprint density at radius 1 is 0.892 bits per heavy atom. The fourth-order valence-electron chi connectivity index (χ4n) is 4.19. The van der Waals surface area contributed by atoms with Gasteiger partial charge >= 0.3 is 6.09 Å². The molecule has 188 valence electrons. The summed E-state index contributed by atoms with van der Waals surface area (Å²) in [6, 6.07) is 23.6. The van der Waals surface area contributed by atoms with Crippen LogP contribution in [0.3, 0.4) is 0 Å². The summed E-state index contributed by atoms with van der Waals surface area (Å²) in [4.78, 5) is 33.8. The largest absolute Gasteiger partial charge is 0.415 e. The van der Waals surface area contributed by atoms with Crippen LogP contribution in [0.25, 0.3) is 10.9 Å². The lowest BCUT2D eigenvalue weighted by Gasteiger charge is -2.34. The number of carbonyl (C=O) groups excluding carboxylic acids is 2. The van der Waals surface area contributed by atoms with Gasteiger partial charge in [-0.05, 0) is 61.0 Å². The minimum atomic E-state index is -1.51. The van der Waals surface area contributed by atoms with Gasteiger partial charge in [-0.3, -0.25) is 9.78 Å². The van der Waals surface area contributed by atoms with Crippen LogP contribution >= 0.6 is 0 Å². The maximum Gasteiger partial charge on any atom is 0.415 e. The molecule has 0 saturated carbocycles.